The van der Waals surface area contributed by atoms with Gasteiger partial charge in [0.25, 0.3) is 0 Å². The Hall–Kier alpha value is -7.68. The molecule has 272 valence electrons. The Bertz CT molecular complexity index is 3240. The Kier molecular flexibility index (Phi) is 8.19. The van der Waals surface area contributed by atoms with E-state index in [0.29, 0.717) is 0 Å². The summed E-state index contributed by atoms with van der Waals surface area (Å²) in [7, 11) is 0. The summed E-state index contributed by atoms with van der Waals surface area (Å²) in [5, 5.41) is 8.44. The minimum absolute atomic E-state index is 0.870. The second-order valence-corrected chi connectivity index (χ2v) is 14.9. The van der Waals surface area contributed by atoms with Crippen molar-refractivity contribution in [3.8, 4) is 44.7 Å². The summed E-state index contributed by atoms with van der Waals surface area (Å²) in [6.45, 7) is 0. The van der Waals surface area contributed by atoms with E-state index in [4.69, 9.17) is 4.42 Å². The number of hydrogen-bond acceptors (Lipinski definition) is 2. The SMILES string of the molecule is c1ccc(-c2ccc(-c3ccc(N(c4ccc5c(ccc6ccccc65)c4)c4ccc(-c5cccc(-c6cc7ccccc7o6)c5)c5ccccc45)cc3)cc2)cc1. The molecule has 10 aromatic carbocycles. The van der Waals surface area contributed by atoms with Gasteiger partial charge < -0.3 is 9.32 Å². The van der Waals surface area contributed by atoms with Crippen molar-refractivity contribution in [1.29, 1.82) is 0 Å². The van der Waals surface area contributed by atoms with Gasteiger partial charge in [0.1, 0.15) is 11.3 Å². The molecular formula is C56H37NO. The summed E-state index contributed by atoms with van der Waals surface area (Å²) in [5.74, 6) is 0.870. The molecule has 2 heteroatoms. The van der Waals surface area contributed by atoms with Crippen molar-refractivity contribution >= 4 is 60.3 Å². The van der Waals surface area contributed by atoms with Crippen LogP contribution in [-0.2, 0) is 0 Å². The Balaban J connectivity index is 1.03. The summed E-state index contributed by atoms with van der Waals surface area (Å²) < 4.78 is 6.29. The van der Waals surface area contributed by atoms with Crippen LogP contribution in [0.25, 0.3) is 88.0 Å². The van der Waals surface area contributed by atoms with Crippen molar-refractivity contribution in [2.24, 2.45) is 0 Å². The van der Waals surface area contributed by atoms with Crippen molar-refractivity contribution in [2.45, 2.75) is 0 Å². The van der Waals surface area contributed by atoms with Gasteiger partial charge in [-0.05, 0) is 109 Å². The highest BCUT2D eigenvalue weighted by Crippen LogP contribution is 2.44. The van der Waals surface area contributed by atoms with Crippen LogP contribution in [0.3, 0.4) is 0 Å². The second-order valence-electron chi connectivity index (χ2n) is 14.9. The van der Waals surface area contributed by atoms with Gasteiger partial charge in [0.05, 0.1) is 5.69 Å². The van der Waals surface area contributed by atoms with Crippen LogP contribution in [0.2, 0.25) is 0 Å². The molecular weight excluding hydrogens is 703 g/mol. The molecule has 0 atom stereocenters. The quantitative estimate of drug-likeness (QED) is 0.151. The van der Waals surface area contributed by atoms with Crippen LogP contribution in [0.15, 0.2) is 229 Å². The molecule has 0 aliphatic heterocycles. The Morgan fingerprint density at radius 1 is 0.293 bits per heavy atom. The Labute approximate surface area is 337 Å². The van der Waals surface area contributed by atoms with Crippen LogP contribution >= 0.6 is 0 Å². The van der Waals surface area contributed by atoms with E-state index in [1.54, 1.807) is 0 Å². The molecule has 0 radical (unpaired) electrons. The molecule has 11 rings (SSSR count). The molecule has 0 N–H and O–H groups in total. The standard InChI is InChI=1S/C56H37NO/c1-2-11-38(12-3-1)39-21-23-40(24-22-39)41-27-29-47(30-28-41)57(48-31-32-50-44(36-48)26-25-42-13-4-6-17-49(42)50)54-34-33-51(52-18-7-8-19-53(52)54)43-15-10-16-45(35-43)56-37-46-14-5-9-20-55(46)58-56/h1-37H. The molecule has 0 saturated carbocycles. The highest BCUT2D eigenvalue weighted by atomic mass is 16.3. The Morgan fingerprint density at radius 3 is 1.64 bits per heavy atom. The van der Waals surface area contributed by atoms with E-state index in [9.17, 15) is 0 Å². The molecule has 0 aliphatic rings. The number of nitrogens with zero attached hydrogens (tertiary/aromatic N) is 1. The lowest BCUT2D eigenvalue weighted by Crippen LogP contribution is -2.10. The predicted octanol–water partition coefficient (Wildman–Crippen LogP) is 16.0. The maximum absolute atomic E-state index is 6.29. The first-order valence-electron chi connectivity index (χ1n) is 19.8. The van der Waals surface area contributed by atoms with Gasteiger partial charge in [0.2, 0.25) is 0 Å². The van der Waals surface area contributed by atoms with Gasteiger partial charge in [-0.2, -0.15) is 0 Å². The summed E-state index contributed by atoms with van der Waals surface area (Å²) in [6, 6.07) is 80.8. The molecule has 1 aromatic heterocycles. The number of anilines is 3. The fraction of sp³-hybridized carbons (Fsp3) is 0. The third-order valence-corrected chi connectivity index (χ3v) is 11.5. The highest BCUT2D eigenvalue weighted by molar-refractivity contribution is 6.10. The smallest absolute Gasteiger partial charge is 0.135 e. The minimum Gasteiger partial charge on any atom is -0.456 e. The normalized spacial score (nSPS) is 11.4. The number of rotatable bonds is 7. The van der Waals surface area contributed by atoms with E-state index < -0.39 is 0 Å². The fourth-order valence-electron chi connectivity index (χ4n) is 8.55. The van der Waals surface area contributed by atoms with Gasteiger partial charge in [-0.15, -0.1) is 0 Å². The van der Waals surface area contributed by atoms with Crippen LogP contribution in [0.4, 0.5) is 17.1 Å². The van der Waals surface area contributed by atoms with Gasteiger partial charge in [0, 0.05) is 27.7 Å². The molecule has 58 heavy (non-hydrogen) atoms. The lowest BCUT2D eigenvalue weighted by Gasteiger charge is -2.28. The zero-order chi connectivity index (χ0) is 38.4. The zero-order valence-corrected chi connectivity index (χ0v) is 31.7. The van der Waals surface area contributed by atoms with E-state index >= 15 is 0 Å². The van der Waals surface area contributed by atoms with E-state index in [1.807, 2.05) is 18.2 Å². The maximum atomic E-state index is 6.29. The molecule has 0 bridgehead atoms. The molecule has 0 fully saturated rings. The van der Waals surface area contributed by atoms with Gasteiger partial charge >= 0.3 is 0 Å². The number of furan rings is 1. The van der Waals surface area contributed by atoms with Crippen LogP contribution in [-0.4, -0.2) is 0 Å². The van der Waals surface area contributed by atoms with Gasteiger partial charge in [-0.3, -0.25) is 0 Å². The van der Waals surface area contributed by atoms with Gasteiger partial charge in [-0.1, -0.05) is 176 Å². The monoisotopic (exact) mass is 739 g/mol. The molecule has 11 aromatic rings. The summed E-state index contributed by atoms with van der Waals surface area (Å²) in [4.78, 5) is 2.41. The molecule has 1 heterocycles. The second kappa shape index (κ2) is 14.1. The molecule has 2 nitrogen and oxygen atoms in total. The summed E-state index contributed by atoms with van der Waals surface area (Å²) >= 11 is 0. The molecule has 0 spiro atoms. The van der Waals surface area contributed by atoms with Crippen molar-refractivity contribution in [3.05, 3.63) is 224 Å². The van der Waals surface area contributed by atoms with E-state index in [-0.39, 0.29) is 0 Å². The number of benzene rings is 10. The first-order valence-corrected chi connectivity index (χ1v) is 19.8. The van der Waals surface area contributed by atoms with Crippen molar-refractivity contribution in [1.82, 2.24) is 0 Å². The number of para-hydroxylation sites is 1. The van der Waals surface area contributed by atoms with Gasteiger partial charge in [0.15, 0.2) is 0 Å². The lowest BCUT2D eigenvalue weighted by molar-refractivity contribution is 0.631. The first kappa shape index (κ1) is 33.6. The van der Waals surface area contributed by atoms with Crippen LogP contribution in [0, 0.1) is 0 Å². The largest absolute Gasteiger partial charge is 0.456 e. The highest BCUT2D eigenvalue weighted by Gasteiger charge is 2.19. The van der Waals surface area contributed by atoms with Gasteiger partial charge in [-0.25, -0.2) is 0 Å². The summed E-state index contributed by atoms with van der Waals surface area (Å²) in [5.41, 5.74) is 12.4. The maximum Gasteiger partial charge on any atom is 0.135 e. The molecule has 0 saturated heterocycles. The third kappa shape index (κ3) is 6.00. The zero-order valence-electron chi connectivity index (χ0n) is 31.7. The average molecular weight is 740 g/mol. The van der Waals surface area contributed by atoms with E-state index in [1.165, 1.54) is 60.1 Å². The Morgan fingerprint density at radius 2 is 0.862 bits per heavy atom. The molecule has 0 unspecified atom stereocenters. The predicted molar refractivity (Wildman–Crippen MR) is 245 cm³/mol. The topological polar surface area (TPSA) is 16.4 Å². The fourth-order valence-corrected chi connectivity index (χ4v) is 8.55. The van der Waals surface area contributed by atoms with Crippen molar-refractivity contribution < 1.29 is 4.42 Å². The summed E-state index contributed by atoms with van der Waals surface area (Å²) in [6.07, 6.45) is 0. The van der Waals surface area contributed by atoms with Crippen LogP contribution in [0.1, 0.15) is 0 Å². The molecule has 0 aliphatic carbocycles. The number of fused-ring (bicyclic) bond motifs is 5. The molecule has 0 amide bonds. The van der Waals surface area contributed by atoms with Crippen LogP contribution < -0.4 is 4.90 Å². The van der Waals surface area contributed by atoms with E-state index in [0.717, 1.165) is 44.9 Å². The van der Waals surface area contributed by atoms with Crippen LogP contribution in [0.5, 0.6) is 0 Å². The minimum atomic E-state index is 0.870. The van der Waals surface area contributed by atoms with Crippen molar-refractivity contribution in [3.63, 3.8) is 0 Å². The first-order chi connectivity index (χ1) is 28.7. The lowest BCUT2D eigenvalue weighted by atomic mass is 9.94. The average Bonchev–Trinajstić information content (AvgIpc) is 3.75. The third-order valence-electron chi connectivity index (χ3n) is 11.5. The number of hydrogen-bond donors (Lipinski definition) is 0. The van der Waals surface area contributed by atoms with E-state index in [2.05, 4.69) is 211 Å². The van der Waals surface area contributed by atoms with Crippen molar-refractivity contribution in [2.75, 3.05) is 4.90 Å².